The summed E-state index contributed by atoms with van der Waals surface area (Å²) in [6, 6.07) is 8.28. The van der Waals surface area contributed by atoms with Crippen molar-refractivity contribution in [3.8, 4) is 0 Å². The second kappa shape index (κ2) is 6.71. The van der Waals surface area contributed by atoms with Gasteiger partial charge in [0.25, 0.3) is 0 Å². The molecular formula is C16H23NO2. The number of nitrogens with one attached hydrogen (secondary N) is 1. The summed E-state index contributed by atoms with van der Waals surface area (Å²) in [6.45, 7) is 2.78. The highest BCUT2D eigenvalue weighted by molar-refractivity contribution is 5.76. The van der Waals surface area contributed by atoms with Crippen LogP contribution >= 0.6 is 0 Å². The number of aliphatic hydroxyl groups is 1. The Morgan fingerprint density at radius 2 is 2.26 bits per heavy atom. The molecule has 2 rings (SSSR count). The molecule has 1 fully saturated rings. The van der Waals surface area contributed by atoms with Gasteiger partial charge in [-0.3, -0.25) is 4.79 Å². The molecule has 1 aromatic rings. The first-order chi connectivity index (χ1) is 9.13. The lowest BCUT2D eigenvalue weighted by atomic mass is 10.1. The van der Waals surface area contributed by atoms with E-state index >= 15 is 0 Å². The fraction of sp³-hybridized carbons (Fsp3) is 0.562. The molecule has 104 valence electrons. The van der Waals surface area contributed by atoms with Gasteiger partial charge in [0.05, 0.1) is 6.10 Å². The molecule has 0 heterocycles. The number of hydrogen-bond donors (Lipinski definition) is 2. The Morgan fingerprint density at radius 3 is 2.95 bits per heavy atom. The van der Waals surface area contributed by atoms with Crippen molar-refractivity contribution in [1.82, 2.24) is 5.32 Å². The molecule has 0 radical (unpaired) electrons. The summed E-state index contributed by atoms with van der Waals surface area (Å²) in [5, 5.41) is 12.4. The molecule has 0 aliphatic heterocycles. The number of aryl methyl sites for hydroxylation is 2. The molecule has 2 atom stereocenters. The summed E-state index contributed by atoms with van der Waals surface area (Å²) >= 11 is 0. The monoisotopic (exact) mass is 261 g/mol. The molecule has 1 amide bonds. The molecule has 0 aromatic heterocycles. The van der Waals surface area contributed by atoms with Crippen molar-refractivity contribution in [3.63, 3.8) is 0 Å². The zero-order valence-electron chi connectivity index (χ0n) is 11.6. The molecule has 3 nitrogen and oxygen atoms in total. The SMILES string of the molecule is Cc1cccc(CCC(=O)NCC2CCC(O)C2)c1. The quantitative estimate of drug-likeness (QED) is 0.853. The molecule has 0 bridgehead atoms. The normalized spacial score (nSPS) is 22.4. The van der Waals surface area contributed by atoms with E-state index in [-0.39, 0.29) is 12.0 Å². The topological polar surface area (TPSA) is 49.3 Å². The second-order valence-electron chi connectivity index (χ2n) is 5.63. The molecule has 0 spiro atoms. The van der Waals surface area contributed by atoms with E-state index in [1.165, 1.54) is 11.1 Å². The number of carbonyl (C=O) groups excluding carboxylic acids is 1. The minimum atomic E-state index is -0.158. The predicted octanol–water partition coefficient (Wildman–Crippen LogP) is 2.20. The van der Waals surface area contributed by atoms with E-state index in [2.05, 4.69) is 30.4 Å². The summed E-state index contributed by atoms with van der Waals surface area (Å²) in [7, 11) is 0. The van der Waals surface area contributed by atoms with Crippen LogP contribution in [0.5, 0.6) is 0 Å². The van der Waals surface area contributed by atoms with Gasteiger partial charge >= 0.3 is 0 Å². The Kier molecular flexibility index (Phi) is 4.97. The molecule has 1 saturated carbocycles. The lowest BCUT2D eigenvalue weighted by Crippen LogP contribution is -2.28. The van der Waals surface area contributed by atoms with Gasteiger partial charge in [-0.2, -0.15) is 0 Å². The summed E-state index contributed by atoms with van der Waals surface area (Å²) in [6.07, 6.45) is 3.91. The highest BCUT2D eigenvalue weighted by Gasteiger charge is 2.22. The van der Waals surface area contributed by atoms with E-state index in [0.29, 0.717) is 18.9 Å². The van der Waals surface area contributed by atoms with E-state index in [0.717, 1.165) is 25.7 Å². The second-order valence-corrected chi connectivity index (χ2v) is 5.63. The van der Waals surface area contributed by atoms with Crippen LogP contribution in [0.4, 0.5) is 0 Å². The van der Waals surface area contributed by atoms with Crippen LogP contribution in [0.1, 0.15) is 36.8 Å². The zero-order chi connectivity index (χ0) is 13.7. The number of aliphatic hydroxyl groups excluding tert-OH is 1. The van der Waals surface area contributed by atoms with Gasteiger partial charge in [-0.1, -0.05) is 29.8 Å². The van der Waals surface area contributed by atoms with Crippen molar-refractivity contribution in [2.45, 2.75) is 45.1 Å². The average molecular weight is 261 g/mol. The summed E-state index contributed by atoms with van der Waals surface area (Å²) in [4.78, 5) is 11.8. The van der Waals surface area contributed by atoms with Crippen molar-refractivity contribution >= 4 is 5.91 Å². The Labute approximate surface area is 115 Å². The van der Waals surface area contributed by atoms with E-state index < -0.39 is 0 Å². The van der Waals surface area contributed by atoms with Gasteiger partial charge in [-0.05, 0) is 44.1 Å². The highest BCUT2D eigenvalue weighted by Crippen LogP contribution is 2.24. The minimum absolute atomic E-state index is 0.114. The van der Waals surface area contributed by atoms with Crippen LogP contribution in [0, 0.1) is 12.8 Å². The molecule has 0 saturated heterocycles. The van der Waals surface area contributed by atoms with Crippen molar-refractivity contribution in [3.05, 3.63) is 35.4 Å². The maximum Gasteiger partial charge on any atom is 0.220 e. The van der Waals surface area contributed by atoms with Gasteiger partial charge in [0.15, 0.2) is 0 Å². The largest absolute Gasteiger partial charge is 0.393 e. The third-order valence-corrected chi connectivity index (χ3v) is 3.82. The molecule has 2 N–H and O–H groups in total. The average Bonchev–Trinajstić information content (AvgIpc) is 2.80. The van der Waals surface area contributed by atoms with Crippen molar-refractivity contribution in [1.29, 1.82) is 0 Å². The number of amides is 1. The molecular weight excluding hydrogens is 238 g/mol. The Bertz CT molecular complexity index is 431. The first-order valence-corrected chi connectivity index (χ1v) is 7.14. The zero-order valence-corrected chi connectivity index (χ0v) is 11.6. The van der Waals surface area contributed by atoms with Crippen LogP contribution in [0.25, 0.3) is 0 Å². The third-order valence-electron chi connectivity index (χ3n) is 3.82. The van der Waals surface area contributed by atoms with Gasteiger partial charge in [-0.15, -0.1) is 0 Å². The van der Waals surface area contributed by atoms with Crippen molar-refractivity contribution in [2.75, 3.05) is 6.54 Å². The smallest absolute Gasteiger partial charge is 0.220 e. The fourth-order valence-electron chi connectivity index (χ4n) is 2.71. The van der Waals surface area contributed by atoms with Crippen molar-refractivity contribution in [2.24, 2.45) is 5.92 Å². The van der Waals surface area contributed by atoms with Crippen LogP contribution in [-0.4, -0.2) is 23.7 Å². The minimum Gasteiger partial charge on any atom is -0.393 e. The van der Waals surface area contributed by atoms with E-state index in [1.807, 2.05) is 6.07 Å². The van der Waals surface area contributed by atoms with Gasteiger partial charge in [0.1, 0.15) is 0 Å². The van der Waals surface area contributed by atoms with Gasteiger partial charge < -0.3 is 10.4 Å². The third kappa shape index (κ3) is 4.67. The van der Waals surface area contributed by atoms with Gasteiger partial charge in [0.2, 0.25) is 5.91 Å². The summed E-state index contributed by atoms with van der Waals surface area (Å²) in [5.74, 6) is 0.570. The standard InChI is InChI=1S/C16H23NO2/c1-12-3-2-4-13(9-12)6-8-16(19)17-11-14-5-7-15(18)10-14/h2-4,9,14-15,18H,5-8,10-11H2,1H3,(H,17,19). The number of rotatable bonds is 5. The van der Waals surface area contributed by atoms with Gasteiger partial charge in [0, 0.05) is 13.0 Å². The number of hydrogen-bond acceptors (Lipinski definition) is 2. The lowest BCUT2D eigenvalue weighted by molar-refractivity contribution is -0.121. The number of benzene rings is 1. The first kappa shape index (κ1) is 14.1. The Morgan fingerprint density at radius 1 is 1.42 bits per heavy atom. The Balaban J connectivity index is 1.67. The van der Waals surface area contributed by atoms with Crippen LogP contribution in [0.3, 0.4) is 0 Å². The molecule has 1 aliphatic carbocycles. The molecule has 1 aromatic carbocycles. The first-order valence-electron chi connectivity index (χ1n) is 7.14. The number of carbonyl (C=O) groups is 1. The van der Waals surface area contributed by atoms with Crippen molar-refractivity contribution < 1.29 is 9.90 Å². The molecule has 2 unspecified atom stereocenters. The molecule has 19 heavy (non-hydrogen) atoms. The lowest BCUT2D eigenvalue weighted by Gasteiger charge is -2.11. The van der Waals surface area contributed by atoms with Crippen LogP contribution < -0.4 is 5.32 Å². The molecule has 3 heteroatoms. The van der Waals surface area contributed by atoms with E-state index in [9.17, 15) is 9.90 Å². The summed E-state index contributed by atoms with van der Waals surface area (Å²) in [5.41, 5.74) is 2.45. The molecule has 1 aliphatic rings. The van der Waals surface area contributed by atoms with E-state index in [4.69, 9.17) is 0 Å². The van der Waals surface area contributed by atoms with Crippen LogP contribution in [-0.2, 0) is 11.2 Å². The fourth-order valence-corrected chi connectivity index (χ4v) is 2.71. The van der Waals surface area contributed by atoms with Crippen LogP contribution in [0.15, 0.2) is 24.3 Å². The van der Waals surface area contributed by atoms with E-state index in [1.54, 1.807) is 0 Å². The summed E-state index contributed by atoms with van der Waals surface area (Å²) < 4.78 is 0. The maximum atomic E-state index is 11.8. The predicted molar refractivity (Wildman–Crippen MR) is 75.9 cm³/mol. The highest BCUT2D eigenvalue weighted by atomic mass is 16.3. The Hall–Kier alpha value is -1.35. The van der Waals surface area contributed by atoms with Crippen LogP contribution in [0.2, 0.25) is 0 Å². The van der Waals surface area contributed by atoms with Gasteiger partial charge in [-0.25, -0.2) is 0 Å². The maximum absolute atomic E-state index is 11.8.